The molecule has 1 aliphatic rings. The number of esters is 1. The van der Waals surface area contributed by atoms with Crippen LogP contribution in [-0.4, -0.2) is 33.5 Å². The van der Waals surface area contributed by atoms with Crippen molar-refractivity contribution in [1.29, 1.82) is 0 Å². The number of hydrogen-bond donors (Lipinski definition) is 1. The van der Waals surface area contributed by atoms with E-state index in [2.05, 4.69) is 31.9 Å². The van der Waals surface area contributed by atoms with E-state index in [1.807, 2.05) is 6.08 Å². The Morgan fingerprint density at radius 1 is 1.50 bits per heavy atom. The number of unbranched alkanes of at least 4 members (excludes halogenated alkanes) is 1. The molecule has 5 heteroatoms. The van der Waals surface area contributed by atoms with E-state index in [4.69, 9.17) is 9.16 Å². The highest BCUT2D eigenvalue weighted by Gasteiger charge is 2.27. The van der Waals surface area contributed by atoms with Crippen LogP contribution in [0, 0.1) is 0 Å². The Labute approximate surface area is 111 Å². The van der Waals surface area contributed by atoms with Crippen molar-refractivity contribution in [3.05, 3.63) is 11.8 Å². The molecule has 1 atom stereocenters. The van der Waals surface area contributed by atoms with E-state index in [-0.39, 0.29) is 12.0 Å². The fourth-order valence-electron chi connectivity index (χ4n) is 1.73. The summed E-state index contributed by atoms with van der Waals surface area (Å²) < 4.78 is 11.2. The normalized spacial score (nSPS) is 20.2. The summed E-state index contributed by atoms with van der Waals surface area (Å²) in [6.07, 6.45) is 4.59. The fourth-order valence-corrected chi connectivity index (χ4v) is 2.69. The lowest BCUT2D eigenvalue weighted by atomic mass is 10.1. The van der Waals surface area contributed by atoms with Crippen LogP contribution in [0.2, 0.25) is 19.6 Å². The maximum atomic E-state index is 11.8. The van der Waals surface area contributed by atoms with E-state index in [1.165, 1.54) is 0 Å². The summed E-state index contributed by atoms with van der Waals surface area (Å²) in [5.41, 5.74) is 0. The van der Waals surface area contributed by atoms with Gasteiger partial charge in [0.25, 0.3) is 0 Å². The van der Waals surface area contributed by atoms with Crippen LogP contribution < -0.4 is 5.32 Å². The molecule has 1 aliphatic heterocycles. The molecule has 104 valence electrons. The van der Waals surface area contributed by atoms with E-state index in [0.717, 1.165) is 18.6 Å². The predicted molar refractivity (Wildman–Crippen MR) is 74.8 cm³/mol. The first-order valence-corrected chi connectivity index (χ1v) is 10.1. The van der Waals surface area contributed by atoms with E-state index in [1.54, 1.807) is 0 Å². The molecule has 0 aromatic carbocycles. The molecule has 4 nitrogen and oxygen atoms in total. The van der Waals surface area contributed by atoms with Gasteiger partial charge in [0.1, 0.15) is 6.04 Å². The predicted octanol–water partition coefficient (Wildman–Crippen LogP) is 2.43. The Kier molecular flexibility index (Phi) is 5.88. The van der Waals surface area contributed by atoms with Crippen molar-refractivity contribution in [1.82, 2.24) is 5.32 Å². The van der Waals surface area contributed by atoms with Gasteiger partial charge in [-0.05, 0) is 32.1 Å². The molecular weight excluding hydrogens is 246 g/mol. The number of ether oxygens (including phenoxy) is 1. The average molecular weight is 271 g/mol. The Morgan fingerprint density at radius 3 is 2.83 bits per heavy atom. The second kappa shape index (κ2) is 6.94. The maximum absolute atomic E-state index is 11.8. The number of nitrogens with one attached hydrogen (secondary N) is 1. The fraction of sp³-hybridized carbons (Fsp3) is 0.769. The first-order chi connectivity index (χ1) is 8.42. The van der Waals surface area contributed by atoms with Gasteiger partial charge in [-0.25, -0.2) is 0 Å². The summed E-state index contributed by atoms with van der Waals surface area (Å²) in [6, 6.07) is -0.252. The summed E-state index contributed by atoms with van der Waals surface area (Å²) in [5.74, 6) is 0.776. The molecule has 0 amide bonds. The number of rotatable bonds is 6. The van der Waals surface area contributed by atoms with Crippen molar-refractivity contribution in [3.8, 4) is 0 Å². The van der Waals surface area contributed by atoms with Crippen LogP contribution in [0.25, 0.3) is 0 Å². The Morgan fingerprint density at radius 2 is 2.22 bits per heavy atom. The molecule has 0 saturated heterocycles. The van der Waals surface area contributed by atoms with Gasteiger partial charge in [0.2, 0.25) is 8.32 Å². The van der Waals surface area contributed by atoms with Crippen LogP contribution >= 0.6 is 0 Å². The smallest absolute Gasteiger partial charge is 0.323 e. The summed E-state index contributed by atoms with van der Waals surface area (Å²) in [6.45, 7) is 9.70. The van der Waals surface area contributed by atoms with Gasteiger partial charge in [0.15, 0.2) is 0 Å². The molecule has 0 bridgehead atoms. The van der Waals surface area contributed by atoms with Crippen LogP contribution in [0.4, 0.5) is 0 Å². The van der Waals surface area contributed by atoms with Crippen molar-refractivity contribution < 1.29 is 14.0 Å². The quantitative estimate of drug-likeness (QED) is 0.458. The van der Waals surface area contributed by atoms with Crippen LogP contribution in [0.3, 0.4) is 0 Å². The van der Waals surface area contributed by atoms with Crippen LogP contribution in [0.15, 0.2) is 11.8 Å². The third-order valence-electron chi connectivity index (χ3n) is 2.56. The lowest BCUT2D eigenvalue weighted by molar-refractivity contribution is -0.146. The van der Waals surface area contributed by atoms with Gasteiger partial charge < -0.3 is 14.5 Å². The zero-order valence-electron chi connectivity index (χ0n) is 11.9. The summed E-state index contributed by atoms with van der Waals surface area (Å²) in [4.78, 5) is 11.8. The highest BCUT2D eigenvalue weighted by molar-refractivity contribution is 6.70. The van der Waals surface area contributed by atoms with Gasteiger partial charge in [0.05, 0.1) is 12.4 Å². The molecule has 0 aromatic heterocycles. The van der Waals surface area contributed by atoms with Crippen LogP contribution in [0.1, 0.15) is 26.2 Å². The lowest BCUT2D eigenvalue weighted by Crippen LogP contribution is -2.42. The van der Waals surface area contributed by atoms with Gasteiger partial charge in [-0.2, -0.15) is 0 Å². The minimum Gasteiger partial charge on any atom is -0.547 e. The van der Waals surface area contributed by atoms with Crippen molar-refractivity contribution >= 4 is 14.3 Å². The molecule has 1 rings (SSSR count). The van der Waals surface area contributed by atoms with Gasteiger partial charge in [-0.3, -0.25) is 4.79 Å². The first kappa shape index (κ1) is 15.2. The van der Waals surface area contributed by atoms with Crippen molar-refractivity contribution in [3.63, 3.8) is 0 Å². The summed E-state index contributed by atoms with van der Waals surface area (Å²) >= 11 is 0. The highest BCUT2D eigenvalue weighted by Crippen LogP contribution is 2.18. The Balaban J connectivity index is 2.42. The number of carbonyl (C=O) groups excluding carboxylic acids is 1. The standard InChI is InChI=1S/C13H25NO3Si/c1-5-6-9-16-13(15)12-10-11(7-8-14-12)17-18(2,3)4/h7,12,14H,5-6,8-10H2,1-4H3. The van der Waals surface area contributed by atoms with Gasteiger partial charge in [-0.1, -0.05) is 13.3 Å². The average Bonchev–Trinajstić information content (AvgIpc) is 2.27. The van der Waals surface area contributed by atoms with E-state index in [0.29, 0.717) is 19.6 Å². The molecule has 1 unspecified atom stereocenters. The van der Waals surface area contributed by atoms with Crippen molar-refractivity contribution in [2.75, 3.05) is 13.2 Å². The van der Waals surface area contributed by atoms with Crippen LogP contribution in [-0.2, 0) is 14.0 Å². The summed E-state index contributed by atoms with van der Waals surface area (Å²) in [7, 11) is -1.59. The number of carbonyl (C=O) groups is 1. The highest BCUT2D eigenvalue weighted by atomic mass is 28.4. The van der Waals surface area contributed by atoms with Crippen molar-refractivity contribution in [2.24, 2.45) is 0 Å². The minimum atomic E-state index is -1.59. The third-order valence-corrected chi connectivity index (χ3v) is 3.44. The first-order valence-electron chi connectivity index (χ1n) is 6.70. The van der Waals surface area contributed by atoms with Crippen molar-refractivity contribution in [2.45, 2.75) is 51.9 Å². The molecule has 0 aromatic rings. The largest absolute Gasteiger partial charge is 0.547 e. The Hall–Kier alpha value is -0.813. The molecule has 0 fully saturated rings. The Bertz CT molecular complexity index is 310. The monoisotopic (exact) mass is 271 g/mol. The van der Waals surface area contributed by atoms with Gasteiger partial charge in [-0.15, -0.1) is 0 Å². The third kappa shape index (κ3) is 5.69. The molecule has 18 heavy (non-hydrogen) atoms. The second-order valence-corrected chi connectivity index (χ2v) is 10.00. The lowest BCUT2D eigenvalue weighted by Gasteiger charge is -2.28. The molecule has 1 N–H and O–H groups in total. The molecule has 0 aliphatic carbocycles. The molecular formula is C13H25NO3Si. The molecule has 0 radical (unpaired) electrons. The van der Waals surface area contributed by atoms with Gasteiger partial charge in [0, 0.05) is 13.0 Å². The molecule has 0 spiro atoms. The van der Waals surface area contributed by atoms with E-state index in [9.17, 15) is 4.79 Å². The SMILES string of the molecule is CCCCOC(=O)C1CC(O[Si](C)(C)C)=CCN1. The van der Waals surface area contributed by atoms with E-state index < -0.39 is 8.32 Å². The second-order valence-electron chi connectivity index (χ2n) is 5.57. The van der Waals surface area contributed by atoms with E-state index >= 15 is 0 Å². The zero-order valence-corrected chi connectivity index (χ0v) is 12.9. The summed E-state index contributed by atoms with van der Waals surface area (Å²) in [5, 5.41) is 3.15. The number of hydrogen-bond acceptors (Lipinski definition) is 4. The zero-order chi connectivity index (χ0) is 13.6. The topological polar surface area (TPSA) is 47.6 Å². The van der Waals surface area contributed by atoms with Gasteiger partial charge >= 0.3 is 5.97 Å². The molecule has 1 heterocycles. The molecule has 0 saturated carbocycles. The minimum absolute atomic E-state index is 0.159. The maximum Gasteiger partial charge on any atom is 0.323 e. The van der Waals surface area contributed by atoms with Crippen LogP contribution in [0.5, 0.6) is 0 Å².